The average molecular weight is 257 g/mol. The number of rotatable bonds is 5. The summed E-state index contributed by atoms with van der Waals surface area (Å²) >= 11 is 0. The van der Waals surface area contributed by atoms with Crippen LogP contribution in [-0.2, 0) is 10.8 Å². The zero-order chi connectivity index (χ0) is 13.0. The van der Waals surface area contributed by atoms with Crippen molar-refractivity contribution in [1.82, 2.24) is 4.98 Å². The fourth-order valence-electron chi connectivity index (χ4n) is 1.47. The van der Waals surface area contributed by atoms with E-state index < -0.39 is 15.7 Å². The molecule has 0 saturated heterocycles. The minimum Gasteiger partial charge on any atom is -0.367 e. The molecule has 0 aromatic carbocycles. The van der Waals surface area contributed by atoms with Crippen LogP contribution in [0.5, 0.6) is 0 Å². The number of anilines is 1. The van der Waals surface area contributed by atoms with Gasteiger partial charge in [0.15, 0.2) is 0 Å². The molecular weight excluding hydrogens is 242 g/mol. The predicted octanol–water partition coefficient (Wildman–Crippen LogP) is 1.48. The van der Waals surface area contributed by atoms with Gasteiger partial charge in [0, 0.05) is 34.9 Å². The number of hydrogen-bond donors (Lipinski definition) is 1. The molecule has 1 N–H and O–H groups in total. The van der Waals surface area contributed by atoms with Gasteiger partial charge in [0.1, 0.15) is 11.5 Å². The molecule has 0 bridgehead atoms. The molecule has 94 valence electrons. The predicted molar refractivity (Wildman–Crippen MR) is 67.6 cm³/mol. The molecule has 6 nitrogen and oxygen atoms in total. The van der Waals surface area contributed by atoms with Gasteiger partial charge >= 0.3 is 0 Å². The lowest BCUT2D eigenvalue weighted by molar-refractivity contribution is -0.385. The first-order valence-electron chi connectivity index (χ1n) is 5.08. The molecule has 7 heteroatoms. The number of aromatic nitrogens is 1. The van der Waals surface area contributed by atoms with Gasteiger partial charge in [-0.2, -0.15) is 0 Å². The molecule has 0 aliphatic heterocycles. The molecule has 2 atom stereocenters. The van der Waals surface area contributed by atoms with Crippen molar-refractivity contribution in [3.05, 3.63) is 27.9 Å². The standard InChI is InChI=1S/C10H15N3O3S/c1-7(6-17(3)16)11-10-5-4-9(13(14)15)8(2)12-10/h4-5,7H,6H2,1-3H3,(H,11,12). The third-order valence-corrected chi connectivity index (χ3v) is 3.10. The van der Waals surface area contributed by atoms with E-state index in [2.05, 4.69) is 10.3 Å². The second kappa shape index (κ2) is 5.72. The van der Waals surface area contributed by atoms with Crippen LogP contribution < -0.4 is 5.32 Å². The van der Waals surface area contributed by atoms with Crippen LogP contribution in [0.2, 0.25) is 0 Å². The molecule has 1 aromatic rings. The van der Waals surface area contributed by atoms with Gasteiger partial charge < -0.3 is 5.32 Å². The van der Waals surface area contributed by atoms with E-state index in [1.165, 1.54) is 6.07 Å². The average Bonchev–Trinajstić information content (AvgIpc) is 2.15. The Bertz CT molecular complexity index is 450. The van der Waals surface area contributed by atoms with Gasteiger partial charge in [-0.15, -0.1) is 0 Å². The van der Waals surface area contributed by atoms with Gasteiger partial charge in [0.05, 0.1) is 4.92 Å². The zero-order valence-corrected chi connectivity index (χ0v) is 10.8. The van der Waals surface area contributed by atoms with Gasteiger partial charge in [0.2, 0.25) is 0 Å². The molecule has 2 unspecified atom stereocenters. The highest BCUT2D eigenvalue weighted by molar-refractivity contribution is 7.84. The topological polar surface area (TPSA) is 85.1 Å². The Morgan fingerprint density at radius 1 is 1.59 bits per heavy atom. The maximum Gasteiger partial charge on any atom is 0.290 e. The summed E-state index contributed by atoms with van der Waals surface area (Å²) in [5.41, 5.74) is 0.368. The molecule has 0 aliphatic carbocycles. The van der Waals surface area contributed by atoms with Crippen molar-refractivity contribution in [1.29, 1.82) is 0 Å². The quantitative estimate of drug-likeness (QED) is 0.638. The van der Waals surface area contributed by atoms with Crippen molar-refractivity contribution >= 4 is 22.3 Å². The minimum absolute atomic E-state index is 0.00210. The van der Waals surface area contributed by atoms with Crippen LogP contribution in [0.25, 0.3) is 0 Å². The van der Waals surface area contributed by atoms with E-state index in [-0.39, 0.29) is 11.7 Å². The summed E-state index contributed by atoms with van der Waals surface area (Å²) in [6, 6.07) is 2.98. The number of hydrogen-bond acceptors (Lipinski definition) is 5. The molecular formula is C10H15N3O3S. The largest absolute Gasteiger partial charge is 0.367 e. The van der Waals surface area contributed by atoms with E-state index in [9.17, 15) is 14.3 Å². The SMILES string of the molecule is Cc1nc(NC(C)CS(C)=O)ccc1[N+](=O)[O-]. The Kier molecular flexibility index (Phi) is 4.56. The highest BCUT2D eigenvalue weighted by Gasteiger charge is 2.12. The first-order chi connectivity index (χ1) is 7.90. The van der Waals surface area contributed by atoms with Crippen LogP contribution in [0, 0.1) is 17.0 Å². The summed E-state index contributed by atoms with van der Waals surface area (Å²) in [6.45, 7) is 3.48. The third kappa shape index (κ3) is 4.10. The Morgan fingerprint density at radius 3 is 2.71 bits per heavy atom. The van der Waals surface area contributed by atoms with Gasteiger partial charge in [-0.05, 0) is 19.9 Å². The number of nitrogens with one attached hydrogen (secondary N) is 1. The summed E-state index contributed by atoms with van der Waals surface area (Å²) in [4.78, 5) is 14.2. The minimum atomic E-state index is -0.885. The number of pyridine rings is 1. The Balaban J connectivity index is 2.77. The van der Waals surface area contributed by atoms with Crippen LogP contribution in [-0.4, -0.2) is 32.2 Å². The maximum atomic E-state index is 11.0. The van der Waals surface area contributed by atoms with Crippen LogP contribution in [0.3, 0.4) is 0 Å². The molecule has 0 spiro atoms. The van der Waals surface area contributed by atoms with E-state index in [0.29, 0.717) is 17.3 Å². The maximum absolute atomic E-state index is 11.0. The Morgan fingerprint density at radius 2 is 2.24 bits per heavy atom. The molecule has 1 aromatic heterocycles. The van der Waals surface area contributed by atoms with Crippen LogP contribution >= 0.6 is 0 Å². The van der Waals surface area contributed by atoms with Gasteiger partial charge in [-0.3, -0.25) is 14.3 Å². The molecule has 0 amide bonds. The van der Waals surface area contributed by atoms with Crippen molar-refractivity contribution in [2.45, 2.75) is 19.9 Å². The molecule has 1 rings (SSSR count). The van der Waals surface area contributed by atoms with Crippen molar-refractivity contribution in [2.75, 3.05) is 17.3 Å². The fourth-order valence-corrected chi connectivity index (χ4v) is 2.26. The van der Waals surface area contributed by atoms with E-state index in [4.69, 9.17) is 0 Å². The zero-order valence-electron chi connectivity index (χ0n) is 9.97. The lowest BCUT2D eigenvalue weighted by atomic mass is 10.3. The lowest BCUT2D eigenvalue weighted by Gasteiger charge is -2.13. The van der Waals surface area contributed by atoms with Crippen LogP contribution in [0.4, 0.5) is 11.5 Å². The highest BCUT2D eigenvalue weighted by atomic mass is 32.2. The van der Waals surface area contributed by atoms with Crippen molar-refractivity contribution in [2.24, 2.45) is 0 Å². The number of nitro groups is 1. The van der Waals surface area contributed by atoms with Gasteiger partial charge in [0.25, 0.3) is 5.69 Å². The summed E-state index contributed by atoms with van der Waals surface area (Å²) in [5.74, 6) is 1.07. The van der Waals surface area contributed by atoms with E-state index in [1.807, 2.05) is 6.92 Å². The molecule has 1 heterocycles. The second-order valence-corrected chi connectivity index (χ2v) is 5.32. The first kappa shape index (κ1) is 13.6. The number of aryl methyl sites for hydroxylation is 1. The van der Waals surface area contributed by atoms with Gasteiger partial charge in [-0.1, -0.05) is 0 Å². The van der Waals surface area contributed by atoms with Crippen LogP contribution in [0.15, 0.2) is 12.1 Å². The second-order valence-electron chi connectivity index (χ2n) is 3.84. The van der Waals surface area contributed by atoms with Gasteiger partial charge in [-0.25, -0.2) is 4.98 Å². The molecule has 0 saturated carbocycles. The lowest BCUT2D eigenvalue weighted by Crippen LogP contribution is -2.22. The third-order valence-electron chi connectivity index (χ3n) is 2.13. The molecule has 0 radical (unpaired) electrons. The van der Waals surface area contributed by atoms with E-state index >= 15 is 0 Å². The summed E-state index contributed by atoms with van der Waals surface area (Å²) in [7, 11) is -0.885. The molecule has 0 aliphatic rings. The molecule has 0 fully saturated rings. The van der Waals surface area contributed by atoms with Crippen molar-refractivity contribution < 1.29 is 9.13 Å². The first-order valence-corrected chi connectivity index (χ1v) is 6.81. The highest BCUT2D eigenvalue weighted by Crippen LogP contribution is 2.18. The van der Waals surface area contributed by atoms with Crippen molar-refractivity contribution in [3.63, 3.8) is 0 Å². The van der Waals surface area contributed by atoms with E-state index in [0.717, 1.165) is 0 Å². The molecule has 17 heavy (non-hydrogen) atoms. The smallest absolute Gasteiger partial charge is 0.290 e. The summed E-state index contributed by atoms with van der Waals surface area (Å²) in [5, 5.41) is 13.7. The monoisotopic (exact) mass is 257 g/mol. The van der Waals surface area contributed by atoms with E-state index in [1.54, 1.807) is 19.2 Å². The Hall–Kier alpha value is -1.50. The Labute approximate surface area is 102 Å². The summed E-state index contributed by atoms with van der Waals surface area (Å²) in [6.07, 6.45) is 1.63. The van der Waals surface area contributed by atoms with Crippen molar-refractivity contribution in [3.8, 4) is 0 Å². The fraction of sp³-hybridized carbons (Fsp3) is 0.500. The number of nitrogens with zero attached hydrogens (tertiary/aromatic N) is 2. The van der Waals surface area contributed by atoms with Crippen LogP contribution in [0.1, 0.15) is 12.6 Å². The normalized spacial score (nSPS) is 14.1. The summed E-state index contributed by atoms with van der Waals surface area (Å²) < 4.78 is 11.0.